The first-order chi connectivity index (χ1) is 15.5. The van der Waals surface area contributed by atoms with Gasteiger partial charge in [0.2, 0.25) is 0 Å². The van der Waals surface area contributed by atoms with Crippen LogP contribution >= 0.6 is 11.3 Å². The van der Waals surface area contributed by atoms with Gasteiger partial charge in [0.1, 0.15) is 13.2 Å². The molecule has 0 unspecified atom stereocenters. The molecule has 2 aromatic carbocycles. The van der Waals surface area contributed by atoms with Gasteiger partial charge in [-0.25, -0.2) is 9.78 Å². The second-order valence-electron chi connectivity index (χ2n) is 7.64. The van der Waals surface area contributed by atoms with Crippen molar-refractivity contribution >= 4 is 38.6 Å². The summed E-state index contributed by atoms with van der Waals surface area (Å²) in [7, 11) is 5.33. The highest BCUT2D eigenvalue weighted by Crippen LogP contribution is 2.39. The zero-order valence-corrected chi connectivity index (χ0v) is 19.1. The smallest absolute Gasteiger partial charge is 0.337 e. The number of anilines is 1. The molecular weight excluding hydrogens is 430 g/mol. The minimum atomic E-state index is -0.439. The lowest BCUT2D eigenvalue weighted by Crippen LogP contribution is -2.33. The van der Waals surface area contributed by atoms with Crippen LogP contribution in [0.1, 0.15) is 27.1 Å². The SMILES string of the molecule is COC(=O)c1ccc(C(=O)N(CCCN(C)C)c2nc3cc4c(cc3s2)OCCO4)cc1. The molecule has 1 amide bonds. The molecule has 0 aliphatic carbocycles. The van der Waals surface area contributed by atoms with Gasteiger partial charge in [-0.15, -0.1) is 0 Å². The van der Waals surface area contributed by atoms with E-state index in [0.29, 0.717) is 47.5 Å². The Morgan fingerprint density at radius 2 is 1.69 bits per heavy atom. The molecule has 8 nitrogen and oxygen atoms in total. The highest BCUT2D eigenvalue weighted by molar-refractivity contribution is 7.22. The predicted octanol–water partition coefficient (Wildman–Crippen LogP) is 3.45. The molecule has 0 N–H and O–H groups in total. The second kappa shape index (κ2) is 9.54. The van der Waals surface area contributed by atoms with Crippen molar-refractivity contribution in [3.63, 3.8) is 0 Å². The Morgan fingerprint density at radius 1 is 1.03 bits per heavy atom. The number of amides is 1. The van der Waals surface area contributed by atoms with Gasteiger partial charge in [-0.2, -0.15) is 0 Å². The molecule has 0 radical (unpaired) electrons. The van der Waals surface area contributed by atoms with E-state index >= 15 is 0 Å². The number of benzene rings is 2. The quantitative estimate of drug-likeness (QED) is 0.505. The number of thiazole rings is 1. The van der Waals surface area contributed by atoms with Gasteiger partial charge in [0.15, 0.2) is 16.6 Å². The van der Waals surface area contributed by atoms with Gasteiger partial charge in [0.25, 0.3) is 5.91 Å². The summed E-state index contributed by atoms with van der Waals surface area (Å²) in [5.41, 5.74) is 1.64. The third kappa shape index (κ3) is 4.68. The van der Waals surface area contributed by atoms with Gasteiger partial charge < -0.3 is 19.1 Å². The number of esters is 1. The Hall–Kier alpha value is -3.17. The number of ether oxygens (including phenoxy) is 3. The summed E-state index contributed by atoms with van der Waals surface area (Å²) in [4.78, 5) is 33.6. The van der Waals surface area contributed by atoms with Crippen LogP contribution in [-0.4, -0.2) is 69.3 Å². The maximum atomic E-state index is 13.4. The van der Waals surface area contributed by atoms with E-state index in [1.54, 1.807) is 29.2 Å². The lowest BCUT2D eigenvalue weighted by atomic mass is 10.1. The number of carbonyl (C=O) groups excluding carboxylic acids is 2. The molecule has 1 aliphatic rings. The number of aromatic nitrogens is 1. The molecule has 0 spiro atoms. The number of methoxy groups -OCH3 is 1. The van der Waals surface area contributed by atoms with Crippen LogP contribution in [0, 0.1) is 0 Å². The number of hydrogen-bond donors (Lipinski definition) is 0. The Bertz CT molecular complexity index is 1080. The Balaban J connectivity index is 1.65. The fourth-order valence-corrected chi connectivity index (χ4v) is 4.42. The predicted molar refractivity (Wildman–Crippen MR) is 123 cm³/mol. The average Bonchev–Trinajstić information content (AvgIpc) is 3.21. The van der Waals surface area contributed by atoms with Crippen LogP contribution in [-0.2, 0) is 4.74 Å². The lowest BCUT2D eigenvalue weighted by Gasteiger charge is -2.21. The van der Waals surface area contributed by atoms with Gasteiger partial charge in [-0.3, -0.25) is 9.69 Å². The Morgan fingerprint density at radius 3 is 2.34 bits per heavy atom. The number of rotatable bonds is 7. The summed E-state index contributed by atoms with van der Waals surface area (Å²) in [5, 5.41) is 0.614. The molecule has 1 aromatic heterocycles. The normalized spacial score (nSPS) is 12.8. The fraction of sp³-hybridized carbons (Fsp3) is 0.348. The first-order valence-corrected chi connectivity index (χ1v) is 11.1. The van der Waals surface area contributed by atoms with Crippen molar-refractivity contribution in [2.75, 3.05) is 52.4 Å². The van der Waals surface area contributed by atoms with E-state index in [1.165, 1.54) is 18.4 Å². The zero-order chi connectivity index (χ0) is 22.7. The maximum Gasteiger partial charge on any atom is 0.337 e. The lowest BCUT2D eigenvalue weighted by molar-refractivity contribution is 0.0600. The molecule has 168 valence electrons. The van der Waals surface area contributed by atoms with Crippen molar-refractivity contribution in [1.82, 2.24) is 9.88 Å². The minimum Gasteiger partial charge on any atom is -0.486 e. The van der Waals surface area contributed by atoms with Gasteiger partial charge in [-0.1, -0.05) is 11.3 Å². The van der Waals surface area contributed by atoms with Gasteiger partial charge in [0.05, 0.1) is 22.9 Å². The minimum absolute atomic E-state index is 0.170. The molecular formula is C23H25N3O5S. The molecule has 2 heterocycles. The van der Waals surface area contributed by atoms with Crippen molar-refractivity contribution in [2.24, 2.45) is 0 Å². The number of carbonyl (C=O) groups is 2. The molecule has 1 aliphatic heterocycles. The third-order valence-corrected chi connectivity index (χ3v) is 6.10. The summed E-state index contributed by atoms with van der Waals surface area (Å²) in [6.45, 7) is 2.38. The van der Waals surface area contributed by atoms with Gasteiger partial charge >= 0.3 is 5.97 Å². The molecule has 0 saturated heterocycles. The summed E-state index contributed by atoms with van der Waals surface area (Å²) in [6.07, 6.45) is 0.789. The molecule has 0 bridgehead atoms. The molecule has 4 rings (SSSR count). The number of fused-ring (bicyclic) bond motifs is 2. The van der Waals surface area contributed by atoms with E-state index in [2.05, 4.69) is 4.90 Å². The second-order valence-corrected chi connectivity index (χ2v) is 8.65. The van der Waals surface area contributed by atoms with E-state index in [-0.39, 0.29) is 5.91 Å². The summed E-state index contributed by atoms with van der Waals surface area (Å²) >= 11 is 1.44. The van der Waals surface area contributed by atoms with E-state index < -0.39 is 5.97 Å². The first-order valence-electron chi connectivity index (χ1n) is 10.3. The van der Waals surface area contributed by atoms with Gasteiger partial charge in [-0.05, 0) is 51.3 Å². The standard InChI is InChI=1S/C23H25N3O5S/c1-25(2)9-4-10-26(21(27)15-5-7-16(8-6-15)22(28)29-3)23-24-17-13-18-19(14-20(17)32-23)31-12-11-30-18/h5-8,13-14H,4,9-12H2,1-3H3. The van der Waals surface area contributed by atoms with Crippen LogP contribution in [0.25, 0.3) is 10.2 Å². The average molecular weight is 456 g/mol. The van der Waals surface area contributed by atoms with Crippen LogP contribution in [0.2, 0.25) is 0 Å². The monoisotopic (exact) mass is 455 g/mol. The third-order valence-electron chi connectivity index (χ3n) is 5.06. The molecule has 0 fully saturated rings. The van der Waals surface area contributed by atoms with Gasteiger partial charge in [0, 0.05) is 24.2 Å². The summed E-state index contributed by atoms with van der Waals surface area (Å²) < 4.78 is 17.0. The van der Waals surface area contributed by atoms with Crippen LogP contribution in [0.5, 0.6) is 11.5 Å². The van der Waals surface area contributed by atoms with Crippen LogP contribution < -0.4 is 14.4 Å². The van der Waals surface area contributed by atoms with Crippen LogP contribution in [0.4, 0.5) is 5.13 Å². The van der Waals surface area contributed by atoms with Crippen molar-refractivity contribution in [3.8, 4) is 11.5 Å². The number of hydrogen-bond acceptors (Lipinski definition) is 8. The van der Waals surface area contributed by atoms with E-state index in [0.717, 1.165) is 23.2 Å². The Labute approximate surface area is 190 Å². The Kier molecular flexibility index (Phi) is 6.57. The zero-order valence-electron chi connectivity index (χ0n) is 18.3. The van der Waals surface area contributed by atoms with Crippen molar-refractivity contribution in [3.05, 3.63) is 47.5 Å². The van der Waals surface area contributed by atoms with Crippen molar-refractivity contribution < 1.29 is 23.8 Å². The highest BCUT2D eigenvalue weighted by atomic mass is 32.1. The molecule has 32 heavy (non-hydrogen) atoms. The molecule has 9 heteroatoms. The van der Waals surface area contributed by atoms with Crippen LogP contribution in [0.3, 0.4) is 0 Å². The molecule has 0 atom stereocenters. The van der Waals surface area contributed by atoms with E-state index in [9.17, 15) is 9.59 Å². The summed E-state index contributed by atoms with van der Waals surface area (Å²) in [5.74, 6) is 0.759. The maximum absolute atomic E-state index is 13.4. The fourth-order valence-electron chi connectivity index (χ4n) is 3.42. The molecule has 3 aromatic rings. The topological polar surface area (TPSA) is 81.2 Å². The first kappa shape index (κ1) is 22.0. The highest BCUT2D eigenvalue weighted by Gasteiger charge is 2.23. The largest absolute Gasteiger partial charge is 0.486 e. The number of nitrogens with zero attached hydrogens (tertiary/aromatic N) is 3. The van der Waals surface area contributed by atoms with Crippen LogP contribution in [0.15, 0.2) is 36.4 Å². The summed E-state index contributed by atoms with van der Waals surface area (Å²) in [6, 6.07) is 10.2. The van der Waals surface area contributed by atoms with E-state index in [1.807, 2.05) is 26.2 Å². The van der Waals surface area contributed by atoms with E-state index in [4.69, 9.17) is 19.2 Å². The van der Waals surface area contributed by atoms with Crippen molar-refractivity contribution in [2.45, 2.75) is 6.42 Å². The van der Waals surface area contributed by atoms with Crippen molar-refractivity contribution in [1.29, 1.82) is 0 Å². The molecule has 0 saturated carbocycles.